The molecule has 27 heteroatoms. The highest BCUT2D eigenvalue weighted by Gasteiger charge is 2.58. The van der Waals surface area contributed by atoms with E-state index in [1.807, 2.05) is 0 Å². The van der Waals surface area contributed by atoms with Crippen LogP contribution in [0.15, 0.2) is 60.7 Å². The molecule has 2 unspecified atom stereocenters. The van der Waals surface area contributed by atoms with Crippen molar-refractivity contribution < 1.29 is 93.6 Å². The van der Waals surface area contributed by atoms with Crippen LogP contribution in [-0.4, -0.2) is 127 Å². The lowest BCUT2D eigenvalue weighted by atomic mass is 9.99. The van der Waals surface area contributed by atoms with E-state index in [4.69, 9.17) is 23.7 Å². The predicted molar refractivity (Wildman–Crippen MR) is 175 cm³/mol. The fourth-order valence-corrected chi connectivity index (χ4v) is 10.5. The highest BCUT2D eigenvalue weighted by molar-refractivity contribution is 8.04. The molecule has 0 radical (unpaired) electrons. The Labute approximate surface area is 311 Å². The van der Waals surface area contributed by atoms with Crippen LogP contribution in [0.25, 0.3) is 0 Å². The number of aliphatic hydroxyl groups is 1. The fraction of sp³-hybridized carbons (Fsp3) is 0.536. The van der Waals surface area contributed by atoms with Crippen molar-refractivity contribution in [2.75, 3.05) is 52.0 Å². The molecule has 2 atom stereocenters. The second-order valence-electron chi connectivity index (χ2n) is 11.4. The Kier molecular flexibility index (Phi) is 14.2. The molecule has 4 rings (SSSR count). The second kappa shape index (κ2) is 16.9. The van der Waals surface area contributed by atoms with E-state index in [0.29, 0.717) is 0 Å². The number of sulfonamides is 4. The molecule has 0 spiro atoms. The molecule has 0 saturated carbocycles. The maximum Gasteiger partial charge on any atom is 0.512 e. The SMILES string of the molecule is CC(=O)OC(CN(S(C)(=O)=O)S(=O)(=O)C(F)(F)F)C1(c2ccccc2)OCCO1.CS(=O)(=O)N(CC(O)C1(c2ccccc2)OCCO1)S(=O)(=O)C(F)(F)F. The number of benzene rings is 2. The Morgan fingerprint density at radius 1 is 0.673 bits per heavy atom. The highest BCUT2D eigenvalue weighted by Crippen LogP contribution is 2.40. The Bertz CT molecular complexity index is 2080. The van der Waals surface area contributed by atoms with E-state index >= 15 is 0 Å². The minimum absolute atomic E-state index is 0.0309. The number of esters is 1. The van der Waals surface area contributed by atoms with Crippen molar-refractivity contribution >= 4 is 46.1 Å². The van der Waals surface area contributed by atoms with Crippen LogP contribution in [0.1, 0.15) is 18.1 Å². The Balaban J connectivity index is 0.000000297. The third-order valence-corrected chi connectivity index (χ3v) is 14.6. The molecule has 0 aromatic heterocycles. The number of ether oxygens (including phenoxy) is 5. The summed E-state index contributed by atoms with van der Waals surface area (Å²) >= 11 is 0. The molecule has 0 aliphatic carbocycles. The first kappa shape index (κ1) is 46.4. The van der Waals surface area contributed by atoms with Gasteiger partial charge in [0.15, 0.2) is 6.10 Å². The third kappa shape index (κ3) is 10.3. The van der Waals surface area contributed by atoms with Crippen molar-refractivity contribution in [1.82, 2.24) is 7.42 Å². The Morgan fingerprint density at radius 3 is 1.33 bits per heavy atom. The molecule has 0 bridgehead atoms. The number of hydrogen-bond acceptors (Lipinski definition) is 15. The minimum Gasteiger partial charge on any atom is -0.455 e. The molecule has 2 fully saturated rings. The van der Waals surface area contributed by atoms with Crippen LogP contribution in [0, 0.1) is 0 Å². The first-order valence-corrected chi connectivity index (χ1v) is 21.7. The van der Waals surface area contributed by atoms with Crippen molar-refractivity contribution in [1.29, 1.82) is 0 Å². The number of carbonyl (C=O) groups is 1. The number of nitrogens with zero attached hydrogens (tertiary/aromatic N) is 2. The number of alkyl halides is 6. The average molecular weight is 881 g/mol. The van der Waals surface area contributed by atoms with Crippen LogP contribution in [0.2, 0.25) is 0 Å². The molecule has 312 valence electrons. The standard InChI is InChI=1S/C15H18F3NO8S2.C13H16F3NO7S2/c1-11(20)27-13(10-19(28(2,21)22)29(23,24)15(16,17)18)14(25-8-9-26-14)12-6-4-3-5-7-12;1-25(19,20)17(26(21,22)13(14,15)16)9-11(18)12(23-7-8-24-12)10-5-3-2-4-6-10/h3-7,13H,8-10H2,1-2H3;2-6,11,18H,7-9H2,1H3. The third-order valence-electron chi connectivity index (χ3n) is 7.45. The average Bonchev–Trinajstić information content (AvgIpc) is 3.76. The van der Waals surface area contributed by atoms with Gasteiger partial charge in [-0.05, 0) is 0 Å². The number of aliphatic hydroxyl groups excluding tert-OH is 1. The highest BCUT2D eigenvalue weighted by atomic mass is 32.3. The van der Waals surface area contributed by atoms with E-state index in [1.165, 1.54) is 48.5 Å². The molecule has 1 N–H and O–H groups in total. The van der Waals surface area contributed by atoms with Crippen molar-refractivity contribution in [3.05, 3.63) is 71.8 Å². The van der Waals surface area contributed by atoms with Gasteiger partial charge in [0.25, 0.3) is 0 Å². The lowest BCUT2D eigenvalue weighted by Gasteiger charge is -2.36. The summed E-state index contributed by atoms with van der Waals surface area (Å²) in [6, 6.07) is 15.2. The van der Waals surface area contributed by atoms with Crippen molar-refractivity contribution in [2.24, 2.45) is 0 Å². The summed E-state index contributed by atoms with van der Waals surface area (Å²) in [6.45, 7) is -2.10. The van der Waals surface area contributed by atoms with Crippen LogP contribution in [-0.2, 0) is 80.1 Å². The molecule has 2 aromatic carbocycles. The van der Waals surface area contributed by atoms with Gasteiger partial charge >= 0.3 is 37.0 Å². The van der Waals surface area contributed by atoms with E-state index in [0.717, 1.165) is 6.92 Å². The molecule has 2 saturated heterocycles. The lowest BCUT2D eigenvalue weighted by Crippen LogP contribution is -2.54. The van der Waals surface area contributed by atoms with Crippen molar-refractivity contribution in [2.45, 2.75) is 41.7 Å². The van der Waals surface area contributed by atoms with Gasteiger partial charge < -0.3 is 28.8 Å². The summed E-state index contributed by atoms with van der Waals surface area (Å²) in [6.07, 6.45) is -3.35. The molecule has 2 aliphatic rings. The van der Waals surface area contributed by atoms with Gasteiger partial charge in [-0.3, -0.25) is 4.79 Å². The van der Waals surface area contributed by atoms with Gasteiger partial charge in [0.2, 0.25) is 31.6 Å². The van der Waals surface area contributed by atoms with E-state index in [-0.39, 0.29) is 50.1 Å². The summed E-state index contributed by atoms with van der Waals surface area (Å²) in [4.78, 5) is 11.6. The van der Waals surface area contributed by atoms with Crippen LogP contribution in [0.3, 0.4) is 0 Å². The summed E-state index contributed by atoms with van der Waals surface area (Å²) in [7, 11) is -22.4. The normalized spacial score (nSPS) is 19.1. The molecule has 2 aromatic rings. The largest absolute Gasteiger partial charge is 0.512 e. The zero-order valence-corrected chi connectivity index (χ0v) is 31.9. The lowest BCUT2D eigenvalue weighted by molar-refractivity contribution is -0.239. The summed E-state index contributed by atoms with van der Waals surface area (Å²) in [5, 5.41) is 10.4. The molecule has 17 nitrogen and oxygen atoms in total. The topological polar surface area (TPSA) is 226 Å². The van der Waals surface area contributed by atoms with Crippen molar-refractivity contribution in [3.63, 3.8) is 0 Å². The van der Waals surface area contributed by atoms with E-state index in [1.54, 1.807) is 12.1 Å². The number of carbonyl (C=O) groups excluding carboxylic acids is 1. The maximum atomic E-state index is 13.1. The van der Waals surface area contributed by atoms with Crippen LogP contribution >= 0.6 is 0 Å². The van der Waals surface area contributed by atoms with Gasteiger partial charge in [0.1, 0.15) is 6.10 Å². The molecule has 2 heterocycles. The Hall–Kier alpha value is -2.99. The number of halogens is 6. The Morgan fingerprint density at radius 2 is 1.00 bits per heavy atom. The van der Waals surface area contributed by atoms with Crippen LogP contribution in [0.4, 0.5) is 26.3 Å². The predicted octanol–water partition coefficient (Wildman–Crippen LogP) is 1.29. The number of hydrogen-bond donors (Lipinski definition) is 1. The van der Waals surface area contributed by atoms with E-state index in [2.05, 4.69) is 0 Å². The molecule has 0 amide bonds. The molecular weight excluding hydrogens is 847 g/mol. The summed E-state index contributed by atoms with van der Waals surface area (Å²) < 4.78 is 197. The quantitative estimate of drug-likeness (QED) is 0.221. The van der Waals surface area contributed by atoms with Crippen LogP contribution in [0.5, 0.6) is 0 Å². The zero-order chi connectivity index (χ0) is 41.9. The summed E-state index contributed by atoms with van der Waals surface area (Å²) in [5.41, 5.74) is -11.4. The fourth-order valence-electron chi connectivity index (χ4n) is 5.17. The van der Waals surface area contributed by atoms with Gasteiger partial charge in [-0.2, -0.15) is 26.3 Å². The van der Waals surface area contributed by atoms with E-state index in [9.17, 15) is 69.9 Å². The van der Waals surface area contributed by atoms with Gasteiger partial charge in [-0.25, -0.2) is 33.7 Å². The summed E-state index contributed by atoms with van der Waals surface area (Å²) in [5.74, 6) is -5.01. The van der Waals surface area contributed by atoms with E-state index < -0.39 is 101 Å². The van der Waals surface area contributed by atoms with Crippen molar-refractivity contribution in [3.8, 4) is 0 Å². The maximum absolute atomic E-state index is 13.1. The molecule has 55 heavy (non-hydrogen) atoms. The van der Waals surface area contributed by atoms with Gasteiger partial charge in [-0.1, -0.05) is 68.1 Å². The van der Waals surface area contributed by atoms with Gasteiger partial charge in [0, 0.05) is 18.1 Å². The molecule has 2 aliphatic heterocycles. The first-order valence-electron chi connectivity index (χ1n) is 15.1. The first-order chi connectivity index (χ1) is 25.0. The molecular formula is C28H34F6N2O15S4. The van der Waals surface area contributed by atoms with Crippen LogP contribution < -0.4 is 0 Å². The van der Waals surface area contributed by atoms with Gasteiger partial charge in [0.05, 0.1) is 52.0 Å². The zero-order valence-electron chi connectivity index (χ0n) is 28.6. The minimum atomic E-state index is -6.32. The van der Waals surface area contributed by atoms with Gasteiger partial charge in [-0.15, -0.1) is 0 Å². The second-order valence-corrected chi connectivity index (χ2v) is 19.4. The monoisotopic (exact) mass is 880 g/mol. The smallest absolute Gasteiger partial charge is 0.455 e. The number of rotatable bonds is 13.